The molecule has 0 spiro atoms. The van der Waals surface area contributed by atoms with E-state index in [1.807, 2.05) is 4.90 Å². The van der Waals surface area contributed by atoms with E-state index in [-0.39, 0.29) is 30.7 Å². The minimum Gasteiger partial charge on any atom is -0.356 e. The second kappa shape index (κ2) is 7.82. The highest BCUT2D eigenvalue weighted by atomic mass is 16.2. The van der Waals surface area contributed by atoms with Crippen molar-refractivity contribution in [3.63, 3.8) is 0 Å². The van der Waals surface area contributed by atoms with Crippen molar-refractivity contribution in [1.29, 1.82) is 0 Å². The van der Waals surface area contributed by atoms with Gasteiger partial charge in [-0.3, -0.25) is 19.3 Å². The van der Waals surface area contributed by atoms with Crippen LogP contribution in [-0.4, -0.2) is 83.6 Å². The van der Waals surface area contributed by atoms with Crippen molar-refractivity contribution in [3.8, 4) is 0 Å². The predicted octanol–water partition coefficient (Wildman–Crippen LogP) is 0.988. The molecule has 1 aromatic rings. The number of carbonyl (C=O) groups is 3. The van der Waals surface area contributed by atoms with Gasteiger partial charge >= 0.3 is 0 Å². The third-order valence-corrected chi connectivity index (χ3v) is 4.91. The third kappa shape index (κ3) is 4.28. The van der Waals surface area contributed by atoms with E-state index in [2.05, 4.69) is 4.98 Å². The van der Waals surface area contributed by atoms with E-state index in [1.165, 1.54) is 0 Å². The molecule has 136 valence electrons. The SMILES string of the molecule is CN(CC(=O)c1c[nH]c(C(=O)N2CCCC2)c1)CC(=O)N1CCCC1. The summed E-state index contributed by atoms with van der Waals surface area (Å²) in [6, 6.07) is 1.62. The van der Waals surface area contributed by atoms with Crippen LogP contribution in [0.25, 0.3) is 0 Å². The molecule has 0 saturated carbocycles. The van der Waals surface area contributed by atoms with Crippen molar-refractivity contribution in [1.82, 2.24) is 19.7 Å². The Hall–Kier alpha value is -2.15. The van der Waals surface area contributed by atoms with Gasteiger partial charge < -0.3 is 14.8 Å². The lowest BCUT2D eigenvalue weighted by Gasteiger charge is -2.20. The molecule has 7 heteroatoms. The monoisotopic (exact) mass is 346 g/mol. The van der Waals surface area contributed by atoms with Crippen LogP contribution in [0.5, 0.6) is 0 Å². The van der Waals surface area contributed by atoms with Gasteiger partial charge in [0.2, 0.25) is 5.91 Å². The quantitative estimate of drug-likeness (QED) is 0.779. The topological polar surface area (TPSA) is 76.7 Å². The number of H-pyrrole nitrogens is 1. The zero-order chi connectivity index (χ0) is 17.8. The van der Waals surface area contributed by atoms with Gasteiger partial charge in [-0.15, -0.1) is 0 Å². The van der Waals surface area contributed by atoms with Crippen LogP contribution >= 0.6 is 0 Å². The number of rotatable bonds is 6. The fourth-order valence-corrected chi connectivity index (χ4v) is 3.46. The summed E-state index contributed by atoms with van der Waals surface area (Å²) in [5.74, 6) is -0.0608. The maximum Gasteiger partial charge on any atom is 0.270 e. The van der Waals surface area contributed by atoms with Crippen LogP contribution in [0.4, 0.5) is 0 Å². The fourth-order valence-electron chi connectivity index (χ4n) is 3.46. The average Bonchev–Trinajstić information content (AvgIpc) is 3.36. The molecule has 25 heavy (non-hydrogen) atoms. The summed E-state index contributed by atoms with van der Waals surface area (Å²) >= 11 is 0. The van der Waals surface area contributed by atoms with E-state index in [9.17, 15) is 14.4 Å². The number of ketones is 1. The molecule has 2 aliphatic rings. The standard InChI is InChI=1S/C18H26N4O3/c1-20(13-17(24)21-6-2-3-7-21)12-16(23)14-10-15(19-11-14)18(25)22-8-4-5-9-22/h10-11,19H,2-9,12-13H2,1H3. The summed E-state index contributed by atoms with van der Waals surface area (Å²) in [7, 11) is 1.77. The Labute approximate surface area is 148 Å². The number of amides is 2. The molecule has 3 heterocycles. The molecule has 0 bridgehead atoms. The van der Waals surface area contributed by atoms with Crippen LogP contribution in [0.3, 0.4) is 0 Å². The molecule has 2 amide bonds. The summed E-state index contributed by atoms with van der Waals surface area (Å²) in [5.41, 5.74) is 0.948. The summed E-state index contributed by atoms with van der Waals surface area (Å²) < 4.78 is 0. The Morgan fingerprint density at radius 1 is 1.00 bits per heavy atom. The first-order valence-electron chi connectivity index (χ1n) is 9.02. The first kappa shape index (κ1) is 17.7. The number of aromatic amines is 1. The molecule has 0 atom stereocenters. The second-order valence-corrected chi connectivity index (χ2v) is 6.98. The number of Topliss-reactive ketones (excluding diaryl/α,β-unsaturated/α-hetero) is 1. The lowest BCUT2D eigenvalue weighted by molar-refractivity contribution is -0.130. The normalized spacial score (nSPS) is 17.5. The van der Waals surface area contributed by atoms with Gasteiger partial charge in [0.05, 0.1) is 13.1 Å². The minimum absolute atomic E-state index is 0.0471. The highest BCUT2D eigenvalue weighted by molar-refractivity contribution is 6.01. The number of likely N-dealkylation sites (N-methyl/N-ethyl adjacent to an activating group) is 1. The van der Waals surface area contributed by atoms with Gasteiger partial charge in [-0.1, -0.05) is 0 Å². The van der Waals surface area contributed by atoms with E-state index >= 15 is 0 Å². The van der Waals surface area contributed by atoms with Gasteiger partial charge in [0.25, 0.3) is 5.91 Å². The Balaban J connectivity index is 1.52. The maximum atomic E-state index is 12.4. The molecule has 2 aliphatic heterocycles. The molecule has 2 fully saturated rings. The lowest BCUT2D eigenvalue weighted by Crippen LogP contribution is -2.39. The first-order valence-corrected chi connectivity index (χ1v) is 9.02. The van der Waals surface area contributed by atoms with Crippen molar-refractivity contribution >= 4 is 17.6 Å². The van der Waals surface area contributed by atoms with Crippen LogP contribution in [0.1, 0.15) is 46.5 Å². The van der Waals surface area contributed by atoms with Crippen molar-refractivity contribution in [2.45, 2.75) is 25.7 Å². The van der Waals surface area contributed by atoms with Crippen molar-refractivity contribution in [2.24, 2.45) is 0 Å². The number of likely N-dealkylation sites (tertiary alicyclic amines) is 2. The van der Waals surface area contributed by atoms with E-state index in [1.54, 1.807) is 29.1 Å². The smallest absolute Gasteiger partial charge is 0.270 e. The second-order valence-electron chi connectivity index (χ2n) is 6.98. The Morgan fingerprint density at radius 3 is 2.24 bits per heavy atom. The van der Waals surface area contributed by atoms with Crippen LogP contribution in [0.15, 0.2) is 12.3 Å². The summed E-state index contributed by atoms with van der Waals surface area (Å²) in [6.07, 6.45) is 5.78. The number of carbonyl (C=O) groups excluding carboxylic acids is 3. The Morgan fingerprint density at radius 2 is 1.60 bits per heavy atom. The number of hydrogen-bond donors (Lipinski definition) is 1. The third-order valence-electron chi connectivity index (χ3n) is 4.91. The Kier molecular flexibility index (Phi) is 5.53. The molecule has 0 unspecified atom stereocenters. The molecule has 0 aromatic carbocycles. The van der Waals surface area contributed by atoms with Crippen LogP contribution < -0.4 is 0 Å². The molecule has 7 nitrogen and oxygen atoms in total. The van der Waals surface area contributed by atoms with Crippen molar-refractivity contribution in [2.75, 3.05) is 46.3 Å². The molecular formula is C18H26N4O3. The van der Waals surface area contributed by atoms with Gasteiger partial charge in [0.15, 0.2) is 5.78 Å². The number of aromatic nitrogens is 1. The number of hydrogen-bond acceptors (Lipinski definition) is 4. The molecule has 0 aliphatic carbocycles. The van der Waals surface area contributed by atoms with E-state index in [4.69, 9.17) is 0 Å². The van der Waals surface area contributed by atoms with Crippen molar-refractivity contribution in [3.05, 3.63) is 23.5 Å². The van der Waals surface area contributed by atoms with Gasteiger partial charge in [-0.2, -0.15) is 0 Å². The first-order chi connectivity index (χ1) is 12.0. The zero-order valence-electron chi connectivity index (χ0n) is 14.8. The van der Waals surface area contributed by atoms with E-state index in [0.717, 1.165) is 51.9 Å². The molecular weight excluding hydrogens is 320 g/mol. The van der Waals surface area contributed by atoms with Crippen molar-refractivity contribution < 1.29 is 14.4 Å². The van der Waals surface area contributed by atoms with Gasteiger partial charge in [0.1, 0.15) is 5.69 Å². The number of nitrogens with one attached hydrogen (secondary N) is 1. The predicted molar refractivity (Wildman–Crippen MR) is 93.6 cm³/mol. The molecule has 2 saturated heterocycles. The average molecular weight is 346 g/mol. The summed E-state index contributed by atoms with van der Waals surface area (Å²) in [4.78, 5) is 45.2. The maximum absolute atomic E-state index is 12.4. The molecule has 3 rings (SSSR count). The van der Waals surface area contributed by atoms with E-state index < -0.39 is 0 Å². The minimum atomic E-state index is -0.0894. The highest BCUT2D eigenvalue weighted by Crippen LogP contribution is 2.14. The zero-order valence-corrected chi connectivity index (χ0v) is 14.8. The molecule has 1 aromatic heterocycles. The van der Waals surface area contributed by atoms with Gasteiger partial charge in [0, 0.05) is 37.9 Å². The van der Waals surface area contributed by atoms with Gasteiger partial charge in [-0.05, 0) is 38.8 Å². The van der Waals surface area contributed by atoms with Crippen LogP contribution in [0, 0.1) is 0 Å². The number of nitrogens with zero attached hydrogens (tertiary/aromatic N) is 3. The highest BCUT2D eigenvalue weighted by Gasteiger charge is 2.23. The largest absolute Gasteiger partial charge is 0.356 e. The van der Waals surface area contributed by atoms with E-state index in [0.29, 0.717) is 11.3 Å². The lowest BCUT2D eigenvalue weighted by atomic mass is 10.2. The molecule has 1 N–H and O–H groups in total. The summed E-state index contributed by atoms with van der Waals surface area (Å²) in [5, 5.41) is 0. The van der Waals surface area contributed by atoms with Crippen LogP contribution in [-0.2, 0) is 4.79 Å². The van der Waals surface area contributed by atoms with Gasteiger partial charge in [-0.25, -0.2) is 0 Å². The fraction of sp³-hybridized carbons (Fsp3) is 0.611. The molecule has 0 radical (unpaired) electrons. The van der Waals surface area contributed by atoms with Crippen LogP contribution in [0.2, 0.25) is 0 Å². The summed E-state index contributed by atoms with van der Waals surface area (Å²) in [6.45, 7) is 3.61. The Bertz CT molecular complexity index is 643.